The van der Waals surface area contributed by atoms with E-state index >= 15 is 0 Å². The summed E-state index contributed by atoms with van der Waals surface area (Å²) in [7, 11) is -3.20. The second-order valence-corrected chi connectivity index (χ2v) is 10.4. The third-order valence-corrected chi connectivity index (χ3v) is 6.68. The van der Waals surface area contributed by atoms with Gasteiger partial charge in [0.2, 0.25) is 0 Å². The second-order valence-electron chi connectivity index (χ2n) is 8.35. The number of carbonyl (C=O) groups is 1. The summed E-state index contributed by atoms with van der Waals surface area (Å²) in [5, 5.41) is 22.6. The van der Waals surface area contributed by atoms with Crippen molar-refractivity contribution in [3.8, 4) is 0 Å². The van der Waals surface area contributed by atoms with Crippen LogP contribution in [0.5, 0.6) is 0 Å². The molecule has 0 saturated carbocycles. The van der Waals surface area contributed by atoms with Crippen molar-refractivity contribution in [3.63, 3.8) is 0 Å². The molecule has 2 N–H and O–H groups in total. The van der Waals surface area contributed by atoms with E-state index in [1.165, 1.54) is 6.26 Å². The zero-order valence-corrected chi connectivity index (χ0v) is 19.5. The van der Waals surface area contributed by atoms with Gasteiger partial charge in [-0.3, -0.25) is 0 Å². The number of benzene rings is 3. The van der Waals surface area contributed by atoms with Gasteiger partial charge < -0.3 is 20.3 Å². The molecule has 1 amide bonds. The Morgan fingerprint density at radius 3 is 1.88 bits per heavy atom. The lowest BCUT2D eigenvalue weighted by molar-refractivity contribution is -0.242. The number of hydrogen-bond donors (Lipinski definition) is 2. The van der Waals surface area contributed by atoms with E-state index in [1.807, 2.05) is 56.3 Å². The molecule has 3 aromatic rings. The zero-order chi connectivity index (χ0) is 24.2. The van der Waals surface area contributed by atoms with Crippen molar-refractivity contribution < 1.29 is 23.4 Å². The van der Waals surface area contributed by atoms with Gasteiger partial charge in [0.05, 0.1) is 11.0 Å². The van der Waals surface area contributed by atoms with Crippen molar-refractivity contribution in [3.05, 3.63) is 96.1 Å². The topological polar surface area (TPSA) is 107 Å². The van der Waals surface area contributed by atoms with Crippen LogP contribution in [0.25, 0.3) is 11.1 Å². The van der Waals surface area contributed by atoms with Gasteiger partial charge in [0, 0.05) is 17.4 Å². The van der Waals surface area contributed by atoms with E-state index in [2.05, 4.69) is 5.32 Å². The fourth-order valence-corrected chi connectivity index (χ4v) is 4.49. The third-order valence-electron chi connectivity index (χ3n) is 5.55. The molecule has 0 heterocycles. The molecule has 0 aromatic heterocycles. The fourth-order valence-electron chi connectivity index (χ4n) is 3.86. The molecule has 0 spiro atoms. The summed E-state index contributed by atoms with van der Waals surface area (Å²) >= 11 is 0. The van der Waals surface area contributed by atoms with Crippen molar-refractivity contribution in [2.75, 3.05) is 11.6 Å². The van der Waals surface area contributed by atoms with Crippen LogP contribution in [0.15, 0.2) is 89.8 Å². The first-order valence-corrected chi connectivity index (χ1v) is 12.2. The second kappa shape index (κ2) is 9.60. The normalized spacial score (nSPS) is 16.8. The summed E-state index contributed by atoms with van der Waals surface area (Å²) in [6.45, 7) is 4.01. The molecule has 7 heteroatoms. The van der Waals surface area contributed by atoms with Crippen LogP contribution in [0.3, 0.4) is 0 Å². The minimum Gasteiger partial charge on any atom is -0.530 e. The maximum Gasteiger partial charge on any atom is 0.175 e. The first-order chi connectivity index (χ1) is 15.5. The van der Waals surface area contributed by atoms with Gasteiger partial charge >= 0.3 is 0 Å². The van der Waals surface area contributed by atoms with E-state index in [0.717, 1.165) is 22.3 Å². The molecule has 1 atom stereocenters. The van der Waals surface area contributed by atoms with Crippen LogP contribution in [-0.2, 0) is 9.84 Å². The zero-order valence-electron chi connectivity index (χ0n) is 18.6. The predicted octanol–water partition coefficient (Wildman–Crippen LogP) is 3.84. The van der Waals surface area contributed by atoms with Crippen LogP contribution >= 0.6 is 0 Å². The number of nitrogens with one attached hydrogen (secondary N) is 1. The lowest BCUT2D eigenvalue weighted by atomic mass is 9.60. The van der Waals surface area contributed by atoms with Gasteiger partial charge in [-0.05, 0) is 46.5 Å². The Morgan fingerprint density at radius 1 is 0.879 bits per heavy atom. The highest BCUT2D eigenvalue weighted by atomic mass is 32.2. The Balaban J connectivity index is 0.000000257. The summed E-state index contributed by atoms with van der Waals surface area (Å²) < 4.78 is 23.2. The molecule has 172 valence electrons. The van der Waals surface area contributed by atoms with Crippen LogP contribution < -0.4 is 10.4 Å². The summed E-state index contributed by atoms with van der Waals surface area (Å²) in [4.78, 5) is 10.3. The van der Waals surface area contributed by atoms with Gasteiger partial charge in [-0.15, -0.1) is 0 Å². The number of hydrogen-bond acceptors (Lipinski definition) is 5. The smallest absolute Gasteiger partial charge is 0.175 e. The molecule has 33 heavy (non-hydrogen) atoms. The summed E-state index contributed by atoms with van der Waals surface area (Å²) in [5.74, 6) is 0. The lowest BCUT2D eigenvalue weighted by Gasteiger charge is -2.46. The average Bonchev–Trinajstić information content (AvgIpc) is 2.78. The van der Waals surface area contributed by atoms with Crippen LogP contribution in [0.2, 0.25) is 0 Å². The number of rotatable bonds is 4. The maximum absolute atomic E-state index is 11.6. The highest BCUT2D eigenvalue weighted by Crippen LogP contribution is 2.55. The predicted molar refractivity (Wildman–Crippen MR) is 128 cm³/mol. The largest absolute Gasteiger partial charge is 0.530 e. The molecule has 0 radical (unpaired) electrons. The number of carboxylic acid groups (broad SMARTS) is 1. The van der Waals surface area contributed by atoms with Crippen molar-refractivity contribution in [1.82, 2.24) is 0 Å². The van der Waals surface area contributed by atoms with E-state index in [-0.39, 0.29) is 5.41 Å². The Labute approximate surface area is 194 Å². The monoisotopic (exact) mass is 464 g/mol. The van der Waals surface area contributed by atoms with Gasteiger partial charge in [-0.1, -0.05) is 74.5 Å². The van der Waals surface area contributed by atoms with E-state index in [1.54, 1.807) is 42.5 Å². The molecule has 0 fully saturated rings. The number of para-hydroxylation sites is 1. The standard InChI is InChI=1S/C19H20O3S.C7H7NO2/c1-19(2)17(14-9-11-15(12-10-14)23(3,21)22)16(18(19)20)13-7-5-4-6-8-13;9-7(10)8-6-4-2-1-3-5-6/h4-12,18,20H,1-3H3;1-5,8H,(H,9,10)/p-1. The van der Waals surface area contributed by atoms with Crippen LogP contribution in [0.4, 0.5) is 10.5 Å². The quantitative estimate of drug-likeness (QED) is 0.610. The van der Waals surface area contributed by atoms with Crippen molar-refractivity contribution in [2.24, 2.45) is 5.41 Å². The molecule has 0 saturated heterocycles. The minimum atomic E-state index is -3.20. The molecule has 1 unspecified atom stereocenters. The highest BCUT2D eigenvalue weighted by molar-refractivity contribution is 7.90. The average molecular weight is 465 g/mol. The number of aliphatic hydroxyl groups excluding tert-OH is 1. The number of amides is 1. The third kappa shape index (κ3) is 5.50. The Kier molecular flexibility index (Phi) is 7.05. The fraction of sp³-hybridized carbons (Fsp3) is 0.192. The number of sulfone groups is 1. The number of carbonyl (C=O) groups excluding carboxylic acids is 1. The summed E-state index contributed by atoms with van der Waals surface area (Å²) in [5.41, 5.74) is 4.10. The van der Waals surface area contributed by atoms with Crippen LogP contribution in [0, 0.1) is 5.41 Å². The Morgan fingerprint density at radius 2 is 1.39 bits per heavy atom. The van der Waals surface area contributed by atoms with Gasteiger partial charge in [-0.2, -0.15) is 0 Å². The van der Waals surface area contributed by atoms with Crippen molar-refractivity contribution in [2.45, 2.75) is 24.8 Å². The molecule has 1 aliphatic rings. The molecular formula is C26H26NO5S-. The van der Waals surface area contributed by atoms with Crippen molar-refractivity contribution >= 4 is 32.8 Å². The van der Waals surface area contributed by atoms with E-state index in [4.69, 9.17) is 0 Å². The van der Waals surface area contributed by atoms with Gasteiger partial charge in [0.25, 0.3) is 0 Å². The van der Waals surface area contributed by atoms with Gasteiger partial charge in [0.15, 0.2) is 9.84 Å². The molecule has 0 aliphatic heterocycles. The van der Waals surface area contributed by atoms with E-state index in [0.29, 0.717) is 10.6 Å². The number of aliphatic hydroxyl groups is 1. The lowest BCUT2D eigenvalue weighted by Crippen LogP contribution is -2.41. The first kappa shape index (κ1) is 24.2. The molecule has 0 bridgehead atoms. The Hall–Kier alpha value is -3.42. The van der Waals surface area contributed by atoms with Gasteiger partial charge in [-0.25, -0.2) is 8.42 Å². The molecule has 6 nitrogen and oxygen atoms in total. The number of anilines is 1. The molecule has 3 aromatic carbocycles. The van der Waals surface area contributed by atoms with Gasteiger partial charge in [0.1, 0.15) is 6.09 Å². The van der Waals surface area contributed by atoms with Crippen molar-refractivity contribution in [1.29, 1.82) is 0 Å². The summed E-state index contributed by atoms with van der Waals surface area (Å²) in [6, 6.07) is 25.3. The molecule has 1 aliphatic carbocycles. The highest BCUT2D eigenvalue weighted by Gasteiger charge is 2.47. The SMILES string of the molecule is CC1(C)C(c2ccc(S(C)(=O)=O)cc2)=C(c2ccccc2)C1O.O=C([O-])Nc1ccccc1. The maximum atomic E-state index is 11.6. The first-order valence-electron chi connectivity index (χ1n) is 10.3. The summed E-state index contributed by atoms with van der Waals surface area (Å²) in [6.07, 6.45) is -0.617. The molecule has 4 rings (SSSR count). The molecular weight excluding hydrogens is 438 g/mol. The van der Waals surface area contributed by atoms with E-state index < -0.39 is 22.0 Å². The Bertz CT molecular complexity index is 1250. The van der Waals surface area contributed by atoms with Crippen LogP contribution in [0.1, 0.15) is 25.0 Å². The van der Waals surface area contributed by atoms with Crippen LogP contribution in [-0.4, -0.2) is 32.0 Å². The minimum absolute atomic E-state index is 0.306. The van der Waals surface area contributed by atoms with E-state index in [9.17, 15) is 23.4 Å².